The van der Waals surface area contributed by atoms with Crippen molar-refractivity contribution in [2.24, 2.45) is 10.8 Å². The third kappa shape index (κ3) is 5.84. The highest BCUT2D eigenvalue weighted by atomic mass is 16.6. The summed E-state index contributed by atoms with van der Waals surface area (Å²) in [6, 6.07) is 8.25. The molecule has 1 aromatic carbocycles. The van der Waals surface area contributed by atoms with Crippen LogP contribution in [0.25, 0.3) is 0 Å². The maximum atomic E-state index is 12.9. The number of hydrogen-bond acceptors (Lipinski definition) is 2. The summed E-state index contributed by atoms with van der Waals surface area (Å²) in [6.07, 6.45) is 8.92. The Morgan fingerprint density at radius 1 is 1.07 bits per heavy atom. The molecule has 1 aliphatic carbocycles. The minimum atomic E-state index is -0.294. The minimum absolute atomic E-state index is 0.158. The van der Waals surface area contributed by atoms with Gasteiger partial charge in [0, 0.05) is 0 Å². The summed E-state index contributed by atoms with van der Waals surface area (Å²) < 4.78 is 5.99. The van der Waals surface area contributed by atoms with Crippen LogP contribution in [0.5, 0.6) is 0 Å². The molecule has 28 heavy (non-hydrogen) atoms. The van der Waals surface area contributed by atoms with Crippen molar-refractivity contribution in [2.75, 3.05) is 0 Å². The van der Waals surface area contributed by atoms with E-state index >= 15 is 0 Å². The van der Waals surface area contributed by atoms with Gasteiger partial charge in [0.25, 0.3) is 0 Å². The smallest absolute Gasteiger partial charge is 0.338 e. The molecule has 0 N–H and O–H groups in total. The highest BCUT2D eigenvalue weighted by Crippen LogP contribution is 2.46. The normalized spacial score (nSPS) is 18.5. The molecule has 0 amide bonds. The van der Waals surface area contributed by atoms with Gasteiger partial charge in [-0.15, -0.1) is 0 Å². The second-order valence-electron chi connectivity index (χ2n) is 10.6. The molecule has 158 valence electrons. The van der Waals surface area contributed by atoms with Gasteiger partial charge in [-0.05, 0) is 73.5 Å². The van der Waals surface area contributed by atoms with E-state index in [9.17, 15) is 4.79 Å². The predicted octanol–water partition coefficient (Wildman–Crippen LogP) is 7.91. The molecular formula is C26H42O2. The molecule has 1 aromatic rings. The summed E-state index contributed by atoms with van der Waals surface area (Å²) >= 11 is 0. The molecule has 0 aromatic heterocycles. The van der Waals surface area contributed by atoms with Gasteiger partial charge in [0.15, 0.2) is 0 Å². The number of hydrogen-bond donors (Lipinski definition) is 0. The van der Waals surface area contributed by atoms with Gasteiger partial charge in [-0.2, -0.15) is 0 Å². The zero-order chi connectivity index (χ0) is 21.0. The fraction of sp³-hybridized carbons (Fsp3) is 0.731. The van der Waals surface area contributed by atoms with Crippen LogP contribution < -0.4 is 0 Å². The molecule has 2 nitrogen and oxygen atoms in total. The maximum Gasteiger partial charge on any atom is 0.338 e. The van der Waals surface area contributed by atoms with Crippen LogP contribution in [0.2, 0.25) is 0 Å². The zero-order valence-electron chi connectivity index (χ0n) is 19.4. The quantitative estimate of drug-likeness (QED) is 0.424. The zero-order valence-corrected chi connectivity index (χ0v) is 19.4. The average Bonchev–Trinajstić information content (AvgIpc) is 2.66. The van der Waals surface area contributed by atoms with Gasteiger partial charge >= 0.3 is 5.97 Å². The van der Waals surface area contributed by atoms with Crippen molar-refractivity contribution in [3.63, 3.8) is 0 Å². The Morgan fingerprint density at radius 3 is 2.29 bits per heavy atom. The van der Waals surface area contributed by atoms with Gasteiger partial charge in [-0.25, -0.2) is 4.79 Å². The summed E-state index contributed by atoms with van der Waals surface area (Å²) in [7, 11) is 0. The van der Waals surface area contributed by atoms with E-state index in [0.717, 1.165) is 44.9 Å². The first kappa shape index (κ1) is 23.0. The topological polar surface area (TPSA) is 26.3 Å². The van der Waals surface area contributed by atoms with Crippen LogP contribution in [-0.2, 0) is 4.74 Å². The molecule has 1 saturated carbocycles. The molecule has 0 aliphatic heterocycles. The number of ether oxygens (including phenoxy) is 1. The SMILES string of the molecule is CCC(C)(C)CC(c1cccc(C(=O)OC2(C)CCCCC2)c1)C(C)(C)CC. The third-order valence-electron chi connectivity index (χ3n) is 7.34. The number of carbonyl (C=O) groups is 1. The second kappa shape index (κ2) is 9.01. The molecule has 2 rings (SSSR count). The van der Waals surface area contributed by atoms with Crippen LogP contribution in [0.3, 0.4) is 0 Å². The van der Waals surface area contributed by atoms with Crippen LogP contribution in [0.4, 0.5) is 0 Å². The molecule has 1 aliphatic rings. The second-order valence-corrected chi connectivity index (χ2v) is 10.6. The van der Waals surface area contributed by atoms with Crippen LogP contribution >= 0.6 is 0 Å². The van der Waals surface area contributed by atoms with Crippen molar-refractivity contribution in [1.82, 2.24) is 0 Å². The average molecular weight is 387 g/mol. The Morgan fingerprint density at radius 2 is 1.71 bits per heavy atom. The lowest BCUT2D eigenvalue weighted by atomic mass is 9.66. The van der Waals surface area contributed by atoms with E-state index in [4.69, 9.17) is 4.74 Å². The van der Waals surface area contributed by atoms with E-state index < -0.39 is 0 Å². The highest BCUT2D eigenvalue weighted by Gasteiger charge is 2.35. The Bertz CT molecular complexity index is 650. The maximum absolute atomic E-state index is 12.9. The molecule has 1 atom stereocenters. The Labute approximate surface area is 173 Å². The van der Waals surface area contributed by atoms with Gasteiger partial charge in [0.1, 0.15) is 5.60 Å². The molecule has 0 heterocycles. The lowest BCUT2D eigenvalue weighted by Gasteiger charge is -2.39. The van der Waals surface area contributed by atoms with Gasteiger partial charge in [-0.1, -0.05) is 72.9 Å². The van der Waals surface area contributed by atoms with Crippen molar-refractivity contribution in [3.05, 3.63) is 35.4 Å². The Balaban J connectivity index is 2.28. The Kier molecular flexibility index (Phi) is 7.39. The van der Waals surface area contributed by atoms with Crippen molar-refractivity contribution >= 4 is 5.97 Å². The van der Waals surface area contributed by atoms with E-state index in [1.807, 2.05) is 12.1 Å². The standard InChI is InChI=1S/C26H42O2/c1-8-24(3,4)19-22(25(5,6)9-2)20-14-13-15-21(18-20)23(27)28-26(7)16-11-10-12-17-26/h13-15,18,22H,8-12,16-17,19H2,1-7H3. The van der Waals surface area contributed by atoms with Gasteiger partial charge < -0.3 is 4.74 Å². The summed E-state index contributed by atoms with van der Waals surface area (Å²) in [6.45, 7) is 16.1. The van der Waals surface area contributed by atoms with Crippen LogP contribution in [-0.4, -0.2) is 11.6 Å². The fourth-order valence-electron chi connectivity index (χ4n) is 4.36. The molecule has 2 heteroatoms. The highest BCUT2D eigenvalue weighted by molar-refractivity contribution is 5.90. The lowest BCUT2D eigenvalue weighted by molar-refractivity contribution is -0.0269. The molecular weight excluding hydrogens is 344 g/mol. The lowest BCUT2D eigenvalue weighted by Crippen LogP contribution is -2.34. The summed E-state index contributed by atoms with van der Waals surface area (Å²) in [5.41, 5.74) is 2.15. The monoisotopic (exact) mass is 386 g/mol. The number of benzene rings is 1. The van der Waals surface area contributed by atoms with Crippen molar-refractivity contribution in [2.45, 2.75) is 111 Å². The number of carbonyl (C=O) groups excluding carboxylic acids is 1. The fourth-order valence-corrected chi connectivity index (χ4v) is 4.36. The molecule has 0 radical (unpaired) electrons. The van der Waals surface area contributed by atoms with E-state index in [0.29, 0.717) is 11.5 Å². The summed E-state index contributed by atoms with van der Waals surface area (Å²) in [5.74, 6) is 0.263. The number of rotatable bonds is 8. The van der Waals surface area contributed by atoms with Crippen molar-refractivity contribution in [1.29, 1.82) is 0 Å². The van der Waals surface area contributed by atoms with Gasteiger partial charge in [-0.3, -0.25) is 0 Å². The van der Waals surface area contributed by atoms with E-state index in [1.54, 1.807) is 0 Å². The largest absolute Gasteiger partial charge is 0.456 e. The Hall–Kier alpha value is -1.31. The first-order chi connectivity index (χ1) is 13.0. The molecule has 0 spiro atoms. The van der Waals surface area contributed by atoms with Crippen molar-refractivity contribution in [3.8, 4) is 0 Å². The molecule has 0 bridgehead atoms. The van der Waals surface area contributed by atoms with E-state index in [-0.39, 0.29) is 22.4 Å². The van der Waals surface area contributed by atoms with E-state index in [1.165, 1.54) is 12.0 Å². The van der Waals surface area contributed by atoms with Crippen LogP contribution in [0, 0.1) is 10.8 Å². The van der Waals surface area contributed by atoms with Gasteiger partial charge in [0.2, 0.25) is 0 Å². The van der Waals surface area contributed by atoms with Crippen LogP contribution in [0.15, 0.2) is 24.3 Å². The first-order valence-corrected chi connectivity index (χ1v) is 11.4. The summed E-state index contributed by atoms with van der Waals surface area (Å²) in [4.78, 5) is 12.9. The third-order valence-corrected chi connectivity index (χ3v) is 7.34. The minimum Gasteiger partial charge on any atom is -0.456 e. The van der Waals surface area contributed by atoms with Crippen LogP contribution in [0.1, 0.15) is 122 Å². The van der Waals surface area contributed by atoms with Crippen molar-refractivity contribution < 1.29 is 9.53 Å². The number of esters is 1. The molecule has 1 unspecified atom stereocenters. The van der Waals surface area contributed by atoms with E-state index in [2.05, 4.69) is 60.6 Å². The molecule has 1 fully saturated rings. The first-order valence-electron chi connectivity index (χ1n) is 11.4. The predicted molar refractivity (Wildman–Crippen MR) is 119 cm³/mol. The van der Waals surface area contributed by atoms with Gasteiger partial charge in [0.05, 0.1) is 5.56 Å². The molecule has 0 saturated heterocycles. The summed E-state index contributed by atoms with van der Waals surface area (Å²) in [5, 5.41) is 0.